The predicted octanol–water partition coefficient (Wildman–Crippen LogP) is 1.17. The minimum atomic E-state index is -1.11. The second kappa shape index (κ2) is 4.56. The van der Waals surface area contributed by atoms with Crippen molar-refractivity contribution in [1.82, 2.24) is 15.2 Å². The number of carbonyl (C=O) groups excluding carboxylic acids is 1. The summed E-state index contributed by atoms with van der Waals surface area (Å²) in [6, 6.07) is 1.03. The maximum absolute atomic E-state index is 10.7. The minimum Gasteiger partial charge on any atom is -0.395 e. The summed E-state index contributed by atoms with van der Waals surface area (Å²) in [5, 5.41) is 7.51. The van der Waals surface area contributed by atoms with Gasteiger partial charge in [-0.05, 0) is 18.2 Å². The molecule has 6 heteroatoms. The van der Waals surface area contributed by atoms with Crippen molar-refractivity contribution in [1.29, 1.82) is 0 Å². The summed E-state index contributed by atoms with van der Waals surface area (Å²) in [7, 11) is -1.11. The molecule has 0 saturated carbocycles. The van der Waals surface area contributed by atoms with E-state index in [2.05, 4.69) is 30.0 Å². The van der Waals surface area contributed by atoms with Crippen molar-refractivity contribution in [2.75, 3.05) is 6.61 Å². The van der Waals surface area contributed by atoms with E-state index in [9.17, 15) is 4.79 Å². The average molecular weight is 227 g/mol. The fourth-order valence-corrected chi connectivity index (χ4v) is 1.71. The van der Waals surface area contributed by atoms with Crippen LogP contribution in [0.4, 0.5) is 0 Å². The van der Waals surface area contributed by atoms with Crippen LogP contribution < -0.4 is 4.84 Å². The van der Waals surface area contributed by atoms with E-state index < -0.39 is 8.07 Å². The first kappa shape index (κ1) is 11.9. The Balaban J connectivity index is 2.54. The maximum Gasteiger partial charge on any atom is 0.173 e. The normalized spacial score (nSPS) is 11.5. The number of nitrogens with zero attached hydrogens (tertiary/aromatic N) is 3. The van der Waals surface area contributed by atoms with Crippen molar-refractivity contribution in [2.45, 2.75) is 32.6 Å². The van der Waals surface area contributed by atoms with Crippen molar-refractivity contribution >= 4 is 14.4 Å². The molecule has 1 rings (SSSR count). The smallest absolute Gasteiger partial charge is 0.173 e. The molecule has 0 aliphatic rings. The molecule has 0 amide bonds. The van der Waals surface area contributed by atoms with Gasteiger partial charge in [0.15, 0.2) is 12.0 Å². The zero-order valence-electron chi connectivity index (χ0n) is 9.65. The molecule has 0 atom stereocenters. The van der Waals surface area contributed by atoms with E-state index in [0.29, 0.717) is 24.3 Å². The van der Waals surface area contributed by atoms with Crippen LogP contribution in [0.5, 0.6) is 0 Å². The van der Waals surface area contributed by atoms with E-state index >= 15 is 0 Å². The molecule has 0 fully saturated rings. The number of aryl methyl sites for hydroxylation is 1. The van der Waals surface area contributed by atoms with E-state index in [1.165, 1.54) is 4.85 Å². The lowest BCUT2D eigenvalue weighted by molar-refractivity contribution is 0.0780. The van der Waals surface area contributed by atoms with Crippen molar-refractivity contribution in [3.63, 3.8) is 0 Å². The van der Waals surface area contributed by atoms with Gasteiger partial charge < -0.3 is 4.84 Å². The first-order valence-electron chi connectivity index (χ1n) is 4.95. The van der Waals surface area contributed by atoms with Gasteiger partial charge in [0.05, 0.1) is 5.69 Å². The highest BCUT2D eigenvalue weighted by Gasteiger charge is 2.14. The summed E-state index contributed by atoms with van der Waals surface area (Å²) >= 11 is 0. The van der Waals surface area contributed by atoms with Crippen molar-refractivity contribution in [3.8, 4) is 0 Å². The first-order chi connectivity index (χ1) is 6.94. The molecular weight excluding hydrogens is 210 g/mol. The minimum absolute atomic E-state index is 0.394. The van der Waals surface area contributed by atoms with Crippen LogP contribution in [-0.2, 0) is 0 Å². The summed E-state index contributed by atoms with van der Waals surface area (Å²) in [5.74, 6) is 0. The summed E-state index contributed by atoms with van der Waals surface area (Å²) in [4.78, 5) is 17.3. The zero-order chi connectivity index (χ0) is 11.5. The van der Waals surface area contributed by atoms with Crippen LogP contribution in [0.2, 0.25) is 25.7 Å². The summed E-state index contributed by atoms with van der Waals surface area (Å²) in [6.07, 6.45) is 0.712. The van der Waals surface area contributed by atoms with E-state index in [-0.39, 0.29) is 0 Å². The average Bonchev–Trinajstić information content (AvgIpc) is 2.44. The fourth-order valence-electron chi connectivity index (χ4n) is 1.01. The van der Waals surface area contributed by atoms with E-state index in [0.717, 1.165) is 6.04 Å². The van der Waals surface area contributed by atoms with Gasteiger partial charge in [0.2, 0.25) is 0 Å². The molecule has 0 aliphatic carbocycles. The van der Waals surface area contributed by atoms with Gasteiger partial charge in [-0.2, -0.15) is 0 Å². The monoisotopic (exact) mass is 227 g/mol. The molecule has 15 heavy (non-hydrogen) atoms. The topological polar surface area (TPSA) is 57.0 Å². The van der Waals surface area contributed by atoms with Crippen LogP contribution in [-0.4, -0.2) is 36.1 Å². The van der Waals surface area contributed by atoms with Crippen LogP contribution in [0.1, 0.15) is 16.2 Å². The van der Waals surface area contributed by atoms with Crippen LogP contribution >= 0.6 is 0 Å². The number of hydrogen-bond donors (Lipinski definition) is 0. The maximum atomic E-state index is 10.7. The molecule has 0 radical (unpaired) electrons. The Morgan fingerprint density at radius 1 is 1.47 bits per heavy atom. The van der Waals surface area contributed by atoms with Gasteiger partial charge in [0.1, 0.15) is 6.61 Å². The molecule has 0 aromatic carbocycles. The summed E-state index contributed by atoms with van der Waals surface area (Å²) < 4.78 is 0. The van der Waals surface area contributed by atoms with Crippen molar-refractivity contribution in [2.24, 2.45) is 0 Å². The van der Waals surface area contributed by atoms with Crippen molar-refractivity contribution < 1.29 is 9.63 Å². The molecule has 0 bridgehead atoms. The Morgan fingerprint density at radius 2 is 2.13 bits per heavy atom. The predicted molar refractivity (Wildman–Crippen MR) is 59.7 cm³/mol. The van der Waals surface area contributed by atoms with Crippen LogP contribution in [0.25, 0.3) is 0 Å². The van der Waals surface area contributed by atoms with Gasteiger partial charge in [0, 0.05) is 8.07 Å². The number of aromatic nitrogens is 3. The molecular formula is C9H17N3O2Si. The Kier molecular flexibility index (Phi) is 3.62. The molecule has 5 nitrogen and oxygen atoms in total. The third-order valence-corrected chi connectivity index (χ3v) is 3.73. The third kappa shape index (κ3) is 3.47. The van der Waals surface area contributed by atoms with Gasteiger partial charge in [-0.3, -0.25) is 4.79 Å². The second-order valence-electron chi connectivity index (χ2n) is 4.69. The second-order valence-corrected chi connectivity index (χ2v) is 10.3. The first-order valence-corrected chi connectivity index (χ1v) is 8.65. The molecule has 84 valence electrons. The van der Waals surface area contributed by atoms with Crippen molar-refractivity contribution in [3.05, 3.63) is 11.4 Å². The van der Waals surface area contributed by atoms with Crippen LogP contribution in [0.15, 0.2) is 0 Å². The highest BCUT2D eigenvalue weighted by Crippen LogP contribution is 2.07. The SMILES string of the molecule is Cc1nnn(OCC[Si](C)(C)C)c1C=O. The highest BCUT2D eigenvalue weighted by molar-refractivity contribution is 6.76. The zero-order valence-corrected chi connectivity index (χ0v) is 10.6. The number of aldehydes is 1. The van der Waals surface area contributed by atoms with E-state index in [1.807, 2.05) is 0 Å². The molecule has 1 aromatic heterocycles. The standard InChI is InChI=1S/C9H17N3O2Si/c1-8-9(7-13)12(11-10-8)14-5-6-15(2,3)4/h7H,5-6H2,1-4H3. The number of rotatable bonds is 5. The van der Waals surface area contributed by atoms with E-state index in [4.69, 9.17) is 4.84 Å². The lowest BCUT2D eigenvalue weighted by atomic mass is 10.4. The molecule has 1 heterocycles. The molecule has 0 N–H and O–H groups in total. The van der Waals surface area contributed by atoms with Gasteiger partial charge in [-0.15, -0.1) is 5.10 Å². The Morgan fingerprint density at radius 3 is 2.67 bits per heavy atom. The van der Waals surface area contributed by atoms with Gasteiger partial charge in [-0.25, -0.2) is 0 Å². The van der Waals surface area contributed by atoms with E-state index in [1.54, 1.807) is 6.92 Å². The largest absolute Gasteiger partial charge is 0.395 e. The molecule has 0 aliphatic heterocycles. The van der Waals surface area contributed by atoms with Crippen LogP contribution in [0, 0.1) is 6.92 Å². The van der Waals surface area contributed by atoms with Gasteiger partial charge in [0.25, 0.3) is 0 Å². The fraction of sp³-hybridized carbons (Fsp3) is 0.667. The van der Waals surface area contributed by atoms with Crippen LogP contribution in [0.3, 0.4) is 0 Å². The molecule has 0 spiro atoms. The summed E-state index contributed by atoms with van der Waals surface area (Å²) in [5.41, 5.74) is 0.989. The molecule has 1 aromatic rings. The Labute approximate surface area is 90.4 Å². The van der Waals surface area contributed by atoms with Gasteiger partial charge in [-0.1, -0.05) is 24.5 Å². The lowest BCUT2D eigenvalue weighted by Gasteiger charge is -2.15. The van der Waals surface area contributed by atoms with Gasteiger partial charge >= 0.3 is 0 Å². The Hall–Kier alpha value is -1.17. The third-order valence-electron chi connectivity index (χ3n) is 2.03. The molecule has 0 unspecified atom stereocenters. The molecule has 0 saturated heterocycles. The number of hydrogen-bond acceptors (Lipinski definition) is 4. The summed E-state index contributed by atoms with van der Waals surface area (Å²) in [6.45, 7) is 9.12. The lowest BCUT2D eigenvalue weighted by Crippen LogP contribution is -2.26. The number of carbonyl (C=O) groups is 1. The quantitative estimate of drug-likeness (QED) is 0.559. The Bertz CT molecular complexity index is 344. The highest BCUT2D eigenvalue weighted by atomic mass is 28.3.